The second-order valence-corrected chi connectivity index (χ2v) is 6.98. The van der Waals surface area contributed by atoms with Crippen molar-refractivity contribution in [2.45, 2.75) is 49.1 Å². The van der Waals surface area contributed by atoms with Crippen molar-refractivity contribution in [1.29, 1.82) is 0 Å². The zero-order chi connectivity index (χ0) is 13.9. The summed E-state index contributed by atoms with van der Waals surface area (Å²) in [5.41, 5.74) is 6.84. The predicted octanol–water partition coefficient (Wildman–Crippen LogP) is 2.86. The van der Waals surface area contributed by atoms with E-state index in [9.17, 15) is 4.79 Å². The fourth-order valence-corrected chi connectivity index (χ4v) is 4.47. The number of thioether (sulfide) groups is 1. The Morgan fingerprint density at radius 3 is 2.65 bits per heavy atom. The Morgan fingerprint density at radius 2 is 1.90 bits per heavy atom. The molecular weight excluding hydrogens is 268 g/mol. The summed E-state index contributed by atoms with van der Waals surface area (Å²) in [7, 11) is 0. The van der Waals surface area contributed by atoms with Crippen LogP contribution >= 0.6 is 11.8 Å². The molecule has 3 N–H and O–H groups in total. The highest BCUT2D eigenvalue weighted by Crippen LogP contribution is 2.37. The van der Waals surface area contributed by atoms with Crippen molar-refractivity contribution in [3.63, 3.8) is 0 Å². The van der Waals surface area contributed by atoms with E-state index in [-0.39, 0.29) is 11.8 Å². The van der Waals surface area contributed by atoms with Crippen LogP contribution in [0, 0.1) is 5.92 Å². The number of rotatable bonds is 3. The summed E-state index contributed by atoms with van der Waals surface area (Å²) in [5, 5.41) is 3.81. The molecule has 0 spiro atoms. The molecular formula is C16H22N2OS. The van der Waals surface area contributed by atoms with Crippen molar-refractivity contribution >= 4 is 17.7 Å². The molecule has 1 atom stereocenters. The van der Waals surface area contributed by atoms with Crippen LogP contribution in [0.1, 0.15) is 43.7 Å². The lowest BCUT2D eigenvalue weighted by molar-refractivity contribution is -0.122. The maximum Gasteiger partial charge on any atom is 0.220 e. The van der Waals surface area contributed by atoms with Gasteiger partial charge in [0.1, 0.15) is 0 Å². The van der Waals surface area contributed by atoms with Gasteiger partial charge in [-0.25, -0.2) is 0 Å². The molecule has 0 radical (unpaired) electrons. The van der Waals surface area contributed by atoms with Crippen LogP contribution in [0.15, 0.2) is 29.2 Å². The van der Waals surface area contributed by atoms with Crippen molar-refractivity contribution in [2.24, 2.45) is 11.7 Å². The van der Waals surface area contributed by atoms with Crippen molar-refractivity contribution in [3.05, 3.63) is 29.8 Å². The summed E-state index contributed by atoms with van der Waals surface area (Å²) < 4.78 is 0. The Balaban J connectivity index is 1.61. The molecule has 108 valence electrons. The number of carbonyl (C=O) groups excluding carboxylic acids is 1. The average Bonchev–Trinajstić information content (AvgIpc) is 2.48. The van der Waals surface area contributed by atoms with Gasteiger partial charge in [0.15, 0.2) is 0 Å². The van der Waals surface area contributed by atoms with E-state index < -0.39 is 0 Å². The zero-order valence-corrected chi connectivity index (χ0v) is 12.5. The van der Waals surface area contributed by atoms with Gasteiger partial charge in [-0.15, -0.1) is 11.8 Å². The van der Waals surface area contributed by atoms with Gasteiger partial charge < -0.3 is 11.1 Å². The van der Waals surface area contributed by atoms with Gasteiger partial charge in [0.2, 0.25) is 5.91 Å². The number of carbonyl (C=O) groups is 1. The molecule has 1 fully saturated rings. The van der Waals surface area contributed by atoms with Crippen LogP contribution < -0.4 is 11.1 Å². The quantitative estimate of drug-likeness (QED) is 0.900. The molecule has 1 amide bonds. The maximum absolute atomic E-state index is 11.2. The molecule has 1 unspecified atom stereocenters. The van der Waals surface area contributed by atoms with E-state index in [1.54, 1.807) is 0 Å². The maximum atomic E-state index is 11.2. The summed E-state index contributed by atoms with van der Waals surface area (Å²) >= 11 is 1.96. The number of nitrogens with one attached hydrogen (secondary N) is 1. The lowest BCUT2D eigenvalue weighted by Crippen LogP contribution is -2.39. The molecule has 1 saturated carbocycles. The molecule has 1 aromatic carbocycles. The van der Waals surface area contributed by atoms with Crippen molar-refractivity contribution < 1.29 is 4.79 Å². The number of primary amides is 1. The number of amides is 1. The van der Waals surface area contributed by atoms with Gasteiger partial charge in [-0.2, -0.15) is 0 Å². The Kier molecular flexibility index (Phi) is 4.32. The average molecular weight is 290 g/mol. The molecule has 0 aromatic heterocycles. The van der Waals surface area contributed by atoms with Crippen LogP contribution in [-0.4, -0.2) is 17.7 Å². The van der Waals surface area contributed by atoms with E-state index in [1.807, 2.05) is 11.8 Å². The second-order valence-electron chi connectivity index (χ2n) is 5.85. The number of nitrogens with two attached hydrogens (primary N) is 1. The molecule has 1 heterocycles. The van der Waals surface area contributed by atoms with Crippen LogP contribution in [0.4, 0.5) is 0 Å². The highest BCUT2D eigenvalue weighted by Gasteiger charge is 2.28. The van der Waals surface area contributed by atoms with Crippen molar-refractivity contribution in [2.75, 3.05) is 5.75 Å². The van der Waals surface area contributed by atoms with Gasteiger partial charge in [-0.3, -0.25) is 4.79 Å². The molecule has 0 saturated heterocycles. The van der Waals surface area contributed by atoms with E-state index in [0.717, 1.165) is 25.7 Å². The highest BCUT2D eigenvalue weighted by atomic mass is 32.2. The third-order valence-corrected chi connectivity index (χ3v) is 5.65. The van der Waals surface area contributed by atoms with Gasteiger partial charge in [-0.05, 0) is 49.5 Å². The Labute approximate surface area is 124 Å². The monoisotopic (exact) mass is 290 g/mol. The third-order valence-electron chi connectivity index (χ3n) is 4.52. The molecule has 1 aliphatic heterocycles. The van der Waals surface area contributed by atoms with E-state index in [0.29, 0.717) is 12.1 Å². The Morgan fingerprint density at radius 1 is 1.15 bits per heavy atom. The summed E-state index contributed by atoms with van der Waals surface area (Å²) in [4.78, 5) is 12.6. The van der Waals surface area contributed by atoms with E-state index in [1.165, 1.54) is 22.6 Å². The molecule has 3 nitrogen and oxygen atoms in total. The standard InChI is InChI=1S/C16H22N2OS/c17-16(19)11-5-7-12(8-6-11)18-14-9-10-20-15-4-2-1-3-13(14)15/h1-4,11-12,14,18H,5-10H2,(H2,17,19). The van der Waals surface area contributed by atoms with Crippen LogP contribution in [-0.2, 0) is 4.79 Å². The predicted molar refractivity (Wildman–Crippen MR) is 82.6 cm³/mol. The van der Waals surface area contributed by atoms with E-state index in [2.05, 4.69) is 29.6 Å². The zero-order valence-electron chi connectivity index (χ0n) is 11.7. The lowest BCUT2D eigenvalue weighted by Gasteiger charge is -2.33. The first-order valence-corrected chi connectivity index (χ1v) is 8.49. The Bertz CT molecular complexity index is 483. The molecule has 4 heteroatoms. The third kappa shape index (κ3) is 3.01. The van der Waals surface area contributed by atoms with Gasteiger partial charge in [0.05, 0.1) is 0 Å². The molecule has 20 heavy (non-hydrogen) atoms. The minimum absolute atomic E-state index is 0.0993. The van der Waals surface area contributed by atoms with Crippen LogP contribution in [0.5, 0.6) is 0 Å². The molecule has 3 rings (SSSR count). The number of fused-ring (bicyclic) bond motifs is 1. The summed E-state index contributed by atoms with van der Waals surface area (Å²) in [5.74, 6) is 1.16. The fraction of sp³-hybridized carbons (Fsp3) is 0.562. The molecule has 1 aromatic rings. The number of hydrogen-bond donors (Lipinski definition) is 2. The summed E-state index contributed by atoms with van der Waals surface area (Å²) in [6, 6.07) is 9.72. The van der Waals surface area contributed by atoms with Crippen molar-refractivity contribution in [1.82, 2.24) is 5.32 Å². The molecule has 0 bridgehead atoms. The number of hydrogen-bond acceptors (Lipinski definition) is 3. The van der Waals surface area contributed by atoms with Gasteiger partial charge in [0, 0.05) is 22.9 Å². The smallest absolute Gasteiger partial charge is 0.220 e. The largest absolute Gasteiger partial charge is 0.369 e. The number of benzene rings is 1. The Hall–Kier alpha value is -1.00. The van der Waals surface area contributed by atoms with E-state index >= 15 is 0 Å². The lowest BCUT2D eigenvalue weighted by atomic mass is 9.85. The van der Waals surface area contributed by atoms with E-state index in [4.69, 9.17) is 5.73 Å². The van der Waals surface area contributed by atoms with Gasteiger partial charge >= 0.3 is 0 Å². The molecule has 1 aliphatic carbocycles. The first kappa shape index (κ1) is 14.0. The van der Waals surface area contributed by atoms with Crippen LogP contribution in [0.25, 0.3) is 0 Å². The van der Waals surface area contributed by atoms with Gasteiger partial charge in [-0.1, -0.05) is 18.2 Å². The second kappa shape index (κ2) is 6.19. The van der Waals surface area contributed by atoms with Crippen molar-refractivity contribution in [3.8, 4) is 0 Å². The topological polar surface area (TPSA) is 55.1 Å². The first-order valence-electron chi connectivity index (χ1n) is 7.51. The summed E-state index contributed by atoms with van der Waals surface area (Å²) in [6.45, 7) is 0. The minimum Gasteiger partial charge on any atom is -0.369 e. The fourth-order valence-electron chi connectivity index (χ4n) is 3.34. The highest BCUT2D eigenvalue weighted by molar-refractivity contribution is 7.99. The summed E-state index contributed by atoms with van der Waals surface area (Å²) in [6.07, 6.45) is 5.21. The minimum atomic E-state index is -0.122. The van der Waals surface area contributed by atoms with Crippen LogP contribution in [0.3, 0.4) is 0 Å². The van der Waals surface area contributed by atoms with Crippen LogP contribution in [0.2, 0.25) is 0 Å². The normalized spacial score (nSPS) is 29.7. The SMILES string of the molecule is NC(=O)C1CCC(NC2CCSc3ccccc32)CC1. The molecule has 2 aliphatic rings. The van der Waals surface area contributed by atoms with Gasteiger partial charge in [0.25, 0.3) is 0 Å². The first-order chi connectivity index (χ1) is 9.74.